The smallest absolute Gasteiger partial charge is 0.0738 e. The second-order valence-electron chi connectivity index (χ2n) is 5.98. The van der Waals surface area contributed by atoms with Crippen LogP contribution in [-0.2, 0) is 4.74 Å². The van der Waals surface area contributed by atoms with Crippen LogP contribution >= 0.6 is 0 Å². The summed E-state index contributed by atoms with van der Waals surface area (Å²) in [5, 5.41) is 0. The predicted molar refractivity (Wildman–Crippen MR) is 83.0 cm³/mol. The van der Waals surface area contributed by atoms with Gasteiger partial charge in [-0.25, -0.2) is 0 Å². The molecular weight excluding hydrogens is 252 g/mol. The molecule has 0 radical (unpaired) electrons. The molecule has 1 aromatic heterocycles. The highest BCUT2D eigenvalue weighted by atomic mass is 16.5. The van der Waals surface area contributed by atoms with E-state index in [0.29, 0.717) is 0 Å². The molecule has 2 N–H and O–H groups in total. The molecule has 0 spiro atoms. The van der Waals surface area contributed by atoms with Gasteiger partial charge in [-0.05, 0) is 26.3 Å². The van der Waals surface area contributed by atoms with Crippen LogP contribution in [0.3, 0.4) is 0 Å². The van der Waals surface area contributed by atoms with E-state index in [1.807, 2.05) is 6.07 Å². The van der Waals surface area contributed by atoms with Crippen LogP contribution in [0.1, 0.15) is 20.3 Å². The molecule has 1 aliphatic rings. The Bertz CT molecular complexity index is 428. The molecule has 0 amide bonds. The molecule has 2 heterocycles. The van der Waals surface area contributed by atoms with Crippen molar-refractivity contribution in [3.8, 4) is 0 Å². The lowest BCUT2D eigenvalue weighted by Gasteiger charge is -2.37. The summed E-state index contributed by atoms with van der Waals surface area (Å²) in [7, 11) is 1.78. The van der Waals surface area contributed by atoms with Crippen LogP contribution in [0, 0.1) is 0 Å². The third-order valence-electron chi connectivity index (χ3n) is 4.12. The van der Waals surface area contributed by atoms with Gasteiger partial charge in [0.2, 0.25) is 0 Å². The lowest BCUT2D eigenvalue weighted by molar-refractivity contribution is 0.00708. The van der Waals surface area contributed by atoms with Crippen LogP contribution in [-0.4, -0.2) is 55.3 Å². The van der Waals surface area contributed by atoms with E-state index < -0.39 is 0 Å². The largest absolute Gasteiger partial charge is 0.396 e. The van der Waals surface area contributed by atoms with Crippen LogP contribution in [0.5, 0.6) is 0 Å². The number of nitrogens with zero attached hydrogens (tertiary/aromatic N) is 3. The van der Waals surface area contributed by atoms with Gasteiger partial charge in [-0.1, -0.05) is 0 Å². The van der Waals surface area contributed by atoms with Gasteiger partial charge in [0.15, 0.2) is 0 Å². The molecular formula is C15H26N4O. The molecule has 0 saturated carbocycles. The summed E-state index contributed by atoms with van der Waals surface area (Å²) < 4.78 is 5.47. The van der Waals surface area contributed by atoms with E-state index >= 15 is 0 Å². The number of hydrogen-bond donors (Lipinski definition) is 1. The average molecular weight is 278 g/mol. The zero-order chi connectivity index (χ0) is 14.6. The van der Waals surface area contributed by atoms with Gasteiger partial charge >= 0.3 is 0 Å². The van der Waals surface area contributed by atoms with E-state index in [-0.39, 0.29) is 5.60 Å². The highest BCUT2D eigenvalue weighted by Gasteiger charge is 2.22. The number of ether oxygens (including phenoxy) is 1. The molecule has 1 aliphatic heterocycles. The summed E-state index contributed by atoms with van der Waals surface area (Å²) in [5.41, 5.74) is 7.82. The van der Waals surface area contributed by atoms with Crippen molar-refractivity contribution in [3.63, 3.8) is 0 Å². The normalized spacial score (nSPS) is 17.4. The van der Waals surface area contributed by atoms with Gasteiger partial charge in [0, 0.05) is 46.0 Å². The van der Waals surface area contributed by atoms with Gasteiger partial charge in [-0.15, -0.1) is 0 Å². The van der Waals surface area contributed by atoms with Gasteiger partial charge in [-0.2, -0.15) is 0 Å². The van der Waals surface area contributed by atoms with E-state index in [9.17, 15) is 0 Å². The standard InChI is InChI=1S/C15H26N4O/c1-15(2,20-3)5-7-18-8-10-19(11-9-18)14-4-6-17-12-13(14)16/h4,6,12H,5,7-11,16H2,1-3H3. The van der Waals surface area contributed by atoms with Crippen LogP contribution in [0.15, 0.2) is 18.5 Å². The van der Waals surface area contributed by atoms with Crippen LogP contribution in [0.25, 0.3) is 0 Å². The molecule has 1 aromatic rings. The number of hydrogen-bond acceptors (Lipinski definition) is 5. The maximum Gasteiger partial charge on any atom is 0.0738 e. The molecule has 0 aliphatic carbocycles. The SMILES string of the molecule is COC(C)(C)CCN1CCN(c2ccncc2N)CC1. The predicted octanol–water partition coefficient (Wildman–Crippen LogP) is 1.60. The average Bonchev–Trinajstić information content (AvgIpc) is 2.46. The fourth-order valence-corrected chi connectivity index (χ4v) is 2.43. The molecule has 20 heavy (non-hydrogen) atoms. The summed E-state index contributed by atoms with van der Waals surface area (Å²) in [4.78, 5) is 8.88. The number of methoxy groups -OCH3 is 1. The minimum Gasteiger partial charge on any atom is -0.396 e. The highest BCUT2D eigenvalue weighted by Crippen LogP contribution is 2.23. The number of rotatable bonds is 5. The van der Waals surface area contributed by atoms with Crippen molar-refractivity contribution in [2.75, 3.05) is 50.5 Å². The first-order valence-electron chi connectivity index (χ1n) is 7.24. The minimum absolute atomic E-state index is 0.0351. The van der Waals surface area contributed by atoms with E-state index in [1.165, 1.54) is 0 Å². The first-order valence-corrected chi connectivity index (χ1v) is 7.24. The van der Waals surface area contributed by atoms with Crippen molar-refractivity contribution in [1.82, 2.24) is 9.88 Å². The van der Waals surface area contributed by atoms with E-state index in [4.69, 9.17) is 10.5 Å². The fourth-order valence-electron chi connectivity index (χ4n) is 2.43. The second kappa shape index (κ2) is 6.41. The molecule has 112 valence electrons. The van der Waals surface area contributed by atoms with Gasteiger partial charge in [-0.3, -0.25) is 9.88 Å². The van der Waals surface area contributed by atoms with Crippen molar-refractivity contribution in [2.24, 2.45) is 0 Å². The lowest BCUT2D eigenvalue weighted by Crippen LogP contribution is -2.47. The van der Waals surface area contributed by atoms with Crippen LogP contribution in [0.4, 0.5) is 11.4 Å². The first-order chi connectivity index (χ1) is 9.52. The summed E-state index contributed by atoms with van der Waals surface area (Å²) in [6, 6.07) is 2.00. The van der Waals surface area contributed by atoms with Crippen LogP contribution in [0.2, 0.25) is 0 Å². The molecule has 0 aromatic carbocycles. The highest BCUT2D eigenvalue weighted by molar-refractivity contribution is 5.66. The van der Waals surface area contributed by atoms with E-state index in [1.54, 1.807) is 19.5 Å². The van der Waals surface area contributed by atoms with Crippen molar-refractivity contribution in [2.45, 2.75) is 25.9 Å². The number of piperazine rings is 1. The van der Waals surface area contributed by atoms with E-state index in [2.05, 4.69) is 28.6 Å². The second-order valence-corrected chi connectivity index (χ2v) is 5.98. The summed E-state index contributed by atoms with van der Waals surface area (Å²) in [5.74, 6) is 0. The topological polar surface area (TPSA) is 54.6 Å². The van der Waals surface area contributed by atoms with Crippen molar-refractivity contribution >= 4 is 11.4 Å². The van der Waals surface area contributed by atoms with Crippen molar-refractivity contribution < 1.29 is 4.74 Å². The number of nitrogen functional groups attached to an aromatic ring is 1. The molecule has 0 atom stereocenters. The molecule has 5 nitrogen and oxygen atoms in total. The van der Waals surface area contributed by atoms with Gasteiger partial charge in [0.25, 0.3) is 0 Å². The van der Waals surface area contributed by atoms with Gasteiger partial charge < -0.3 is 15.4 Å². The Morgan fingerprint density at radius 3 is 2.60 bits per heavy atom. The Labute approximate surface area is 121 Å². The maximum absolute atomic E-state index is 5.99. The van der Waals surface area contributed by atoms with Crippen molar-refractivity contribution in [1.29, 1.82) is 0 Å². The first kappa shape index (κ1) is 15.1. The van der Waals surface area contributed by atoms with Crippen molar-refractivity contribution in [3.05, 3.63) is 18.5 Å². The third-order valence-corrected chi connectivity index (χ3v) is 4.12. The molecule has 5 heteroatoms. The lowest BCUT2D eigenvalue weighted by atomic mass is 10.0. The molecule has 0 bridgehead atoms. The summed E-state index contributed by atoms with van der Waals surface area (Å²) >= 11 is 0. The number of nitrogens with two attached hydrogens (primary N) is 1. The summed E-state index contributed by atoms with van der Waals surface area (Å²) in [6.07, 6.45) is 4.59. The third kappa shape index (κ3) is 3.84. The number of anilines is 2. The molecule has 1 fully saturated rings. The molecule has 2 rings (SSSR count). The Morgan fingerprint density at radius 2 is 2.00 bits per heavy atom. The Balaban J connectivity index is 1.82. The Morgan fingerprint density at radius 1 is 1.30 bits per heavy atom. The quantitative estimate of drug-likeness (QED) is 0.886. The molecule has 0 unspecified atom stereocenters. The molecule has 1 saturated heterocycles. The monoisotopic (exact) mass is 278 g/mol. The number of pyridine rings is 1. The zero-order valence-corrected chi connectivity index (χ0v) is 12.8. The number of aromatic nitrogens is 1. The summed E-state index contributed by atoms with van der Waals surface area (Å²) in [6.45, 7) is 9.54. The zero-order valence-electron chi connectivity index (χ0n) is 12.8. The minimum atomic E-state index is -0.0351. The van der Waals surface area contributed by atoms with Gasteiger partial charge in [0.05, 0.1) is 23.2 Å². The van der Waals surface area contributed by atoms with Gasteiger partial charge in [0.1, 0.15) is 0 Å². The Kier molecular flexibility index (Phi) is 4.83. The fraction of sp³-hybridized carbons (Fsp3) is 0.667. The van der Waals surface area contributed by atoms with E-state index in [0.717, 1.165) is 50.5 Å². The maximum atomic E-state index is 5.99. The van der Waals surface area contributed by atoms with Crippen LogP contribution < -0.4 is 10.6 Å². The Hall–Kier alpha value is -1.33.